The number of nitrogens with one attached hydrogen (secondary N) is 1. The molecule has 3 heterocycles. The number of nitrogens with zero attached hydrogens (tertiary/aromatic N) is 3. The number of fused-ring (bicyclic) bond motifs is 1. The van der Waals surface area contributed by atoms with Crippen LogP contribution in [-0.4, -0.2) is 50.1 Å². The van der Waals surface area contributed by atoms with Gasteiger partial charge in [-0.2, -0.15) is 0 Å². The summed E-state index contributed by atoms with van der Waals surface area (Å²) in [7, 11) is 8.43. The summed E-state index contributed by atoms with van der Waals surface area (Å²) in [6.45, 7) is 9.24. The minimum atomic E-state index is 0.155. The largest absolute Gasteiger partial charge is 0.496 e. The molecule has 0 bridgehead atoms. The fourth-order valence-corrected chi connectivity index (χ4v) is 13.6. The predicted octanol–water partition coefficient (Wildman–Crippen LogP) is 7.50. The minimum Gasteiger partial charge on any atom is -0.496 e. The van der Waals surface area contributed by atoms with Gasteiger partial charge in [0.05, 0.1) is 29.3 Å². The number of ether oxygens (including phenoxy) is 1. The molecule has 0 fully saturated rings. The normalized spacial score (nSPS) is 25.2. The SMILES string of the molecule is CCC1=C(NC)C2=CC(N(C)C)=C3C(OC)=c4c(CC)cc5c(SC)c(C)c6nc7c8c9c%10c(c4c5c69)C3C2C2C1=NC(C)=C(C=%102)C8SC7. The van der Waals surface area contributed by atoms with Crippen LogP contribution in [-0.2, 0) is 16.9 Å². The van der Waals surface area contributed by atoms with Crippen molar-refractivity contribution in [1.82, 2.24) is 15.2 Å². The molecule has 5 aliphatic carbocycles. The maximum Gasteiger partial charge on any atom is 0.132 e. The molecule has 2 aliphatic heterocycles. The average molecular weight is 681 g/mol. The smallest absolute Gasteiger partial charge is 0.132 e. The van der Waals surface area contributed by atoms with Gasteiger partial charge in [0.2, 0.25) is 0 Å². The molecule has 7 heteroatoms. The molecule has 4 atom stereocenters. The van der Waals surface area contributed by atoms with Crippen LogP contribution in [0.2, 0.25) is 0 Å². The van der Waals surface area contributed by atoms with Crippen LogP contribution in [0.1, 0.15) is 66.3 Å². The first-order valence-corrected chi connectivity index (χ1v) is 20.1. The van der Waals surface area contributed by atoms with E-state index in [1.165, 1.54) is 115 Å². The Morgan fingerprint density at radius 3 is 2.49 bits per heavy atom. The van der Waals surface area contributed by atoms with Crippen molar-refractivity contribution >= 4 is 73.0 Å². The van der Waals surface area contributed by atoms with E-state index in [0.29, 0.717) is 0 Å². The third-order valence-corrected chi connectivity index (χ3v) is 15.1. The Kier molecular flexibility index (Phi) is 5.55. The highest BCUT2D eigenvalue weighted by atomic mass is 32.2. The molecular formula is C42H40N4OS2. The van der Waals surface area contributed by atoms with Gasteiger partial charge in [-0.1, -0.05) is 13.8 Å². The summed E-state index contributed by atoms with van der Waals surface area (Å²) < 4.78 is 6.72. The maximum absolute atomic E-state index is 6.72. The van der Waals surface area contributed by atoms with Gasteiger partial charge in [-0.25, -0.2) is 0 Å². The molecule has 5 nitrogen and oxygen atoms in total. The Morgan fingerprint density at radius 1 is 1.00 bits per heavy atom. The number of benzene rings is 3. The van der Waals surface area contributed by atoms with Crippen LogP contribution in [0.25, 0.3) is 43.8 Å². The number of aryl methyl sites for hydroxylation is 2. The zero-order valence-corrected chi connectivity index (χ0v) is 31.3. The summed E-state index contributed by atoms with van der Waals surface area (Å²) in [5.74, 6) is 2.61. The summed E-state index contributed by atoms with van der Waals surface area (Å²) in [5.41, 5.74) is 20.4. The molecule has 0 spiro atoms. The summed E-state index contributed by atoms with van der Waals surface area (Å²) in [6.07, 6.45) is 6.64. The van der Waals surface area contributed by atoms with Crippen LogP contribution in [0.4, 0.5) is 0 Å². The number of pyridine rings is 1. The number of likely N-dealkylation sites (N-methyl/N-ethyl adjacent to an activating group) is 2. The van der Waals surface area contributed by atoms with Crippen molar-refractivity contribution in [3.05, 3.63) is 89.9 Å². The lowest BCUT2D eigenvalue weighted by molar-refractivity contribution is 0.343. The molecule has 4 unspecified atom stereocenters. The van der Waals surface area contributed by atoms with Gasteiger partial charge < -0.3 is 15.0 Å². The van der Waals surface area contributed by atoms with Crippen molar-refractivity contribution < 1.29 is 4.74 Å². The Bertz CT molecular complexity index is 2650. The Morgan fingerprint density at radius 2 is 1.80 bits per heavy atom. The van der Waals surface area contributed by atoms with Crippen LogP contribution >= 0.6 is 23.5 Å². The van der Waals surface area contributed by atoms with Crippen molar-refractivity contribution in [2.75, 3.05) is 34.5 Å². The molecule has 1 N–H and O–H groups in total. The quantitative estimate of drug-likeness (QED) is 0.168. The van der Waals surface area contributed by atoms with E-state index >= 15 is 0 Å². The molecule has 1 aromatic heterocycles. The molecule has 0 amide bonds. The van der Waals surface area contributed by atoms with Gasteiger partial charge in [-0.05, 0) is 105 Å². The number of thioether (sulfide) groups is 2. The van der Waals surface area contributed by atoms with Crippen LogP contribution in [0.15, 0.2) is 61.4 Å². The molecule has 3 aromatic carbocycles. The molecule has 0 saturated heterocycles. The lowest BCUT2D eigenvalue weighted by Crippen LogP contribution is -2.51. The molecule has 246 valence electrons. The highest BCUT2D eigenvalue weighted by Crippen LogP contribution is 2.65. The molecule has 0 saturated carbocycles. The lowest BCUT2D eigenvalue weighted by Gasteiger charge is -2.53. The van der Waals surface area contributed by atoms with Gasteiger partial charge in [0.1, 0.15) is 5.76 Å². The first-order chi connectivity index (χ1) is 23.8. The lowest BCUT2D eigenvalue weighted by atomic mass is 9.52. The van der Waals surface area contributed by atoms with Crippen molar-refractivity contribution in [3.63, 3.8) is 0 Å². The van der Waals surface area contributed by atoms with E-state index < -0.39 is 0 Å². The summed E-state index contributed by atoms with van der Waals surface area (Å²) in [5, 5.41) is 14.0. The van der Waals surface area contributed by atoms with E-state index in [0.717, 1.165) is 24.4 Å². The topological polar surface area (TPSA) is 49.8 Å². The van der Waals surface area contributed by atoms with E-state index in [-0.39, 0.29) is 23.0 Å². The van der Waals surface area contributed by atoms with Gasteiger partial charge >= 0.3 is 0 Å². The second-order valence-electron chi connectivity index (χ2n) is 14.9. The number of hydrogen-bond acceptors (Lipinski definition) is 7. The fourth-order valence-electron chi connectivity index (χ4n) is 11.4. The van der Waals surface area contributed by atoms with Crippen molar-refractivity contribution in [2.45, 2.75) is 62.4 Å². The number of aromatic nitrogens is 1. The highest BCUT2D eigenvalue weighted by molar-refractivity contribution is 7.99. The van der Waals surface area contributed by atoms with E-state index in [4.69, 9.17) is 14.7 Å². The molecular weight excluding hydrogens is 641 g/mol. The second kappa shape index (κ2) is 9.35. The maximum atomic E-state index is 6.72. The number of rotatable bonds is 6. The van der Waals surface area contributed by atoms with Gasteiger partial charge in [-0.3, -0.25) is 9.98 Å². The number of hydrogen-bond donors (Lipinski definition) is 1. The second-order valence-corrected chi connectivity index (χ2v) is 16.9. The summed E-state index contributed by atoms with van der Waals surface area (Å²) in [6, 6.07) is 2.52. The molecule has 4 aromatic rings. The zero-order valence-electron chi connectivity index (χ0n) is 29.7. The van der Waals surface area contributed by atoms with Crippen molar-refractivity contribution in [1.29, 1.82) is 0 Å². The van der Waals surface area contributed by atoms with E-state index in [1.54, 1.807) is 11.1 Å². The number of aliphatic imine (C=N–C) groups is 1. The molecule has 49 heavy (non-hydrogen) atoms. The minimum absolute atomic E-state index is 0.155. The van der Waals surface area contributed by atoms with Crippen LogP contribution in [0, 0.1) is 18.8 Å². The Labute approximate surface area is 295 Å². The third kappa shape index (κ3) is 2.98. The monoisotopic (exact) mass is 680 g/mol. The molecule has 0 radical (unpaired) electrons. The van der Waals surface area contributed by atoms with Crippen LogP contribution in [0.3, 0.4) is 0 Å². The number of allylic oxidation sites excluding steroid dienone is 4. The van der Waals surface area contributed by atoms with Crippen LogP contribution in [0.5, 0.6) is 0 Å². The van der Waals surface area contributed by atoms with Crippen molar-refractivity contribution in [2.24, 2.45) is 16.8 Å². The van der Waals surface area contributed by atoms with Crippen molar-refractivity contribution in [3.8, 4) is 0 Å². The highest BCUT2D eigenvalue weighted by Gasteiger charge is 2.57. The summed E-state index contributed by atoms with van der Waals surface area (Å²) in [4.78, 5) is 15.0. The van der Waals surface area contributed by atoms with Gasteiger partial charge in [0, 0.05) is 93.8 Å². The van der Waals surface area contributed by atoms with Crippen LogP contribution < -0.4 is 15.8 Å². The summed E-state index contributed by atoms with van der Waals surface area (Å²) >= 11 is 3.96. The van der Waals surface area contributed by atoms with E-state index in [9.17, 15) is 0 Å². The van der Waals surface area contributed by atoms with E-state index in [1.807, 2.05) is 18.9 Å². The fraction of sp³-hybridized carbons (Fsp3) is 0.381. The first-order valence-electron chi connectivity index (χ1n) is 17.8. The molecule has 11 rings (SSSR count). The van der Waals surface area contributed by atoms with E-state index in [2.05, 4.69) is 89.2 Å². The van der Waals surface area contributed by atoms with Gasteiger partial charge in [0.15, 0.2) is 0 Å². The average Bonchev–Trinajstić information content (AvgIpc) is 3.54. The standard InChI is InChI=1S/C42H40N4OS2/c1-10-17-12-20-26-30-24(17)40(47-8)28-22(46(6)7)13-19-25-31(28)34(30)33-29-23(16(4)44-39(36(25)29)18(11-2)38(19)43-5)42-27-21(14-49-42)45-37(35(26)32(27)33)15(3)41(20)48-9/h12-13,25,31,36,42-43H,10-11,14H2,1-9H3. The Balaban J connectivity index is 1.54. The molecule has 7 aliphatic rings. The first kappa shape index (κ1) is 29.1. The Hall–Kier alpha value is -3.68. The number of methoxy groups -OCH3 is 1. The zero-order chi connectivity index (χ0) is 33.5. The van der Waals surface area contributed by atoms with Gasteiger partial charge in [0.25, 0.3) is 0 Å². The van der Waals surface area contributed by atoms with Gasteiger partial charge in [-0.15, -0.1) is 23.5 Å². The predicted molar refractivity (Wildman–Crippen MR) is 206 cm³/mol. The third-order valence-electron chi connectivity index (χ3n) is 13.0.